The molecule has 1 fully saturated rings. The van der Waals surface area contributed by atoms with Crippen LogP contribution in [0.15, 0.2) is 21.7 Å². The van der Waals surface area contributed by atoms with E-state index in [1.165, 1.54) is 10.6 Å². The molecule has 0 spiro atoms. The van der Waals surface area contributed by atoms with Gasteiger partial charge in [-0.15, -0.1) is 23.1 Å². The van der Waals surface area contributed by atoms with E-state index in [9.17, 15) is 4.79 Å². The van der Waals surface area contributed by atoms with Gasteiger partial charge in [-0.2, -0.15) is 0 Å². The van der Waals surface area contributed by atoms with Crippen LogP contribution in [0, 0.1) is 0 Å². The molecular formula is C12H18N2OS2. The number of thiophene rings is 1. The maximum atomic E-state index is 11.6. The lowest BCUT2D eigenvalue weighted by atomic mass is 9.81. The lowest BCUT2D eigenvalue weighted by molar-refractivity contribution is -0.125. The number of rotatable bonds is 4. The van der Waals surface area contributed by atoms with Crippen molar-refractivity contribution in [1.29, 1.82) is 0 Å². The van der Waals surface area contributed by atoms with Gasteiger partial charge in [0.15, 0.2) is 0 Å². The number of carbonyl (C=O) groups excluding carboxylic acids is 1. The quantitative estimate of drug-likeness (QED) is 0.882. The second-order valence-electron chi connectivity index (χ2n) is 4.46. The second-order valence-corrected chi connectivity index (χ2v) is 7.01. The van der Waals surface area contributed by atoms with Gasteiger partial charge in [-0.05, 0) is 44.2 Å². The SMILES string of the molecule is CNC1(C(N)=O)CCCC(Sc2cccs2)C1. The average molecular weight is 270 g/mol. The summed E-state index contributed by atoms with van der Waals surface area (Å²) < 4.78 is 1.33. The van der Waals surface area contributed by atoms with Crippen LogP contribution in [0.25, 0.3) is 0 Å². The Labute approximate surface area is 110 Å². The number of hydrogen-bond acceptors (Lipinski definition) is 4. The molecule has 1 amide bonds. The highest BCUT2D eigenvalue weighted by Crippen LogP contribution is 2.39. The highest BCUT2D eigenvalue weighted by Gasteiger charge is 2.40. The topological polar surface area (TPSA) is 55.1 Å². The van der Waals surface area contributed by atoms with Crippen LogP contribution in [0.5, 0.6) is 0 Å². The van der Waals surface area contributed by atoms with Crippen LogP contribution in [0.3, 0.4) is 0 Å². The zero-order valence-corrected chi connectivity index (χ0v) is 11.6. The van der Waals surface area contributed by atoms with Gasteiger partial charge in [0.2, 0.25) is 5.91 Å². The highest BCUT2D eigenvalue weighted by atomic mass is 32.2. The van der Waals surface area contributed by atoms with Crippen molar-refractivity contribution in [2.24, 2.45) is 5.73 Å². The van der Waals surface area contributed by atoms with Gasteiger partial charge in [0.25, 0.3) is 0 Å². The molecule has 2 atom stereocenters. The molecule has 1 aromatic heterocycles. The van der Waals surface area contributed by atoms with E-state index in [2.05, 4.69) is 22.8 Å². The number of likely N-dealkylation sites (N-methyl/N-ethyl adjacent to an activating group) is 1. The first-order chi connectivity index (χ1) is 8.16. The predicted molar refractivity (Wildman–Crippen MR) is 73.4 cm³/mol. The molecule has 1 aliphatic rings. The summed E-state index contributed by atoms with van der Waals surface area (Å²) in [5, 5.41) is 5.72. The monoisotopic (exact) mass is 270 g/mol. The molecule has 1 aliphatic carbocycles. The molecule has 1 heterocycles. The minimum absolute atomic E-state index is 0.212. The van der Waals surface area contributed by atoms with E-state index in [0.29, 0.717) is 5.25 Å². The van der Waals surface area contributed by atoms with Crippen LogP contribution in [-0.2, 0) is 4.79 Å². The molecule has 17 heavy (non-hydrogen) atoms. The number of nitrogens with one attached hydrogen (secondary N) is 1. The molecule has 0 bridgehead atoms. The van der Waals surface area contributed by atoms with E-state index in [0.717, 1.165) is 19.3 Å². The summed E-state index contributed by atoms with van der Waals surface area (Å²) in [7, 11) is 1.84. The summed E-state index contributed by atoms with van der Waals surface area (Å²) in [5.41, 5.74) is 5.05. The summed E-state index contributed by atoms with van der Waals surface area (Å²) in [5.74, 6) is -0.212. The van der Waals surface area contributed by atoms with Crippen molar-refractivity contribution in [3.63, 3.8) is 0 Å². The standard InChI is InChI=1S/C12H18N2OS2/c1-14-12(11(13)15)6-2-4-9(8-12)17-10-5-3-7-16-10/h3,5,7,9,14H,2,4,6,8H2,1H3,(H2,13,15). The van der Waals surface area contributed by atoms with Crippen LogP contribution in [0.4, 0.5) is 0 Å². The molecule has 3 nitrogen and oxygen atoms in total. The lowest BCUT2D eigenvalue weighted by Gasteiger charge is -2.37. The molecule has 94 valence electrons. The second kappa shape index (κ2) is 5.42. The van der Waals surface area contributed by atoms with Gasteiger partial charge in [-0.25, -0.2) is 0 Å². The van der Waals surface area contributed by atoms with Crippen LogP contribution in [0.1, 0.15) is 25.7 Å². The van der Waals surface area contributed by atoms with Gasteiger partial charge in [0.05, 0.1) is 9.75 Å². The third kappa shape index (κ3) is 2.84. The number of primary amides is 1. The third-order valence-corrected chi connectivity index (χ3v) is 5.78. The molecular weight excluding hydrogens is 252 g/mol. The molecule has 2 unspecified atom stereocenters. The van der Waals surface area contributed by atoms with Crippen LogP contribution in [0.2, 0.25) is 0 Å². The van der Waals surface area contributed by atoms with Crippen molar-refractivity contribution in [2.75, 3.05) is 7.05 Å². The molecule has 0 saturated heterocycles. The summed E-state index contributed by atoms with van der Waals surface area (Å²) in [6.07, 6.45) is 3.92. The number of hydrogen-bond donors (Lipinski definition) is 2. The van der Waals surface area contributed by atoms with E-state index < -0.39 is 5.54 Å². The molecule has 1 saturated carbocycles. The van der Waals surface area contributed by atoms with Crippen molar-refractivity contribution in [1.82, 2.24) is 5.32 Å². The largest absolute Gasteiger partial charge is 0.368 e. The highest BCUT2D eigenvalue weighted by molar-refractivity contribution is 8.01. The number of amides is 1. The van der Waals surface area contributed by atoms with Crippen molar-refractivity contribution < 1.29 is 4.79 Å². The predicted octanol–water partition coefficient (Wildman–Crippen LogP) is 2.23. The van der Waals surface area contributed by atoms with Crippen LogP contribution >= 0.6 is 23.1 Å². The zero-order valence-electron chi connectivity index (χ0n) is 9.94. The number of nitrogens with two attached hydrogens (primary N) is 1. The fourth-order valence-electron chi connectivity index (χ4n) is 2.39. The minimum Gasteiger partial charge on any atom is -0.368 e. The van der Waals surface area contributed by atoms with Gasteiger partial charge in [-0.1, -0.05) is 6.07 Å². The third-order valence-electron chi connectivity index (χ3n) is 3.43. The Bertz CT molecular complexity index is 380. The summed E-state index contributed by atoms with van der Waals surface area (Å²) in [6.45, 7) is 0. The maximum Gasteiger partial charge on any atom is 0.237 e. The smallest absolute Gasteiger partial charge is 0.237 e. The van der Waals surface area contributed by atoms with Crippen molar-refractivity contribution in [2.45, 2.75) is 40.7 Å². The molecule has 0 aliphatic heterocycles. The lowest BCUT2D eigenvalue weighted by Crippen LogP contribution is -2.57. The van der Waals surface area contributed by atoms with Crippen LogP contribution in [-0.4, -0.2) is 23.7 Å². The van der Waals surface area contributed by atoms with Gasteiger partial charge in [0, 0.05) is 5.25 Å². The Morgan fingerprint density at radius 2 is 2.53 bits per heavy atom. The Kier molecular flexibility index (Phi) is 4.12. The van der Waals surface area contributed by atoms with Crippen LogP contribution < -0.4 is 11.1 Å². The number of carbonyl (C=O) groups is 1. The Morgan fingerprint density at radius 3 is 3.12 bits per heavy atom. The van der Waals surface area contributed by atoms with Gasteiger partial charge < -0.3 is 11.1 Å². The fraction of sp³-hybridized carbons (Fsp3) is 0.583. The summed E-state index contributed by atoms with van der Waals surface area (Å²) >= 11 is 3.64. The van der Waals surface area contributed by atoms with E-state index in [-0.39, 0.29) is 5.91 Å². The van der Waals surface area contributed by atoms with E-state index >= 15 is 0 Å². The molecule has 0 aromatic carbocycles. The molecule has 3 N–H and O–H groups in total. The molecule has 0 radical (unpaired) electrons. The first-order valence-electron chi connectivity index (χ1n) is 5.85. The zero-order chi connectivity index (χ0) is 12.3. The fourth-order valence-corrected chi connectivity index (χ4v) is 4.78. The molecule has 1 aromatic rings. The first-order valence-corrected chi connectivity index (χ1v) is 7.61. The molecule has 2 rings (SSSR count). The normalized spacial score (nSPS) is 29.1. The maximum absolute atomic E-state index is 11.6. The van der Waals surface area contributed by atoms with Gasteiger partial charge >= 0.3 is 0 Å². The minimum atomic E-state index is -0.493. The Balaban J connectivity index is 2.03. The average Bonchev–Trinajstić information content (AvgIpc) is 2.82. The summed E-state index contributed by atoms with van der Waals surface area (Å²) in [4.78, 5) is 11.6. The first kappa shape index (κ1) is 12.9. The van der Waals surface area contributed by atoms with Crippen molar-refractivity contribution in [3.8, 4) is 0 Å². The van der Waals surface area contributed by atoms with Crippen molar-refractivity contribution >= 4 is 29.0 Å². The summed E-state index contributed by atoms with van der Waals surface area (Å²) in [6, 6.07) is 4.20. The van der Waals surface area contributed by atoms with Gasteiger partial charge in [0.1, 0.15) is 0 Å². The van der Waals surface area contributed by atoms with E-state index in [1.54, 1.807) is 11.3 Å². The molecule has 5 heteroatoms. The van der Waals surface area contributed by atoms with E-state index in [1.807, 2.05) is 18.8 Å². The number of thioether (sulfide) groups is 1. The Morgan fingerprint density at radius 1 is 1.71 bits per heavy atom. The van der Waals surface area contributed by atoms with E-state index in [4.69, 9.17) is 5.73 Å². The van der Waals surface area contributed by atoms with Crippen molar-refractivity contribution in [3.05, 3.63) is 17.5 Å². The Hall–Kier alpha value is -0.520. The van der Waals surface area contributed by atoms with Gasteiger partial charge in [-0.3, -0.25) is 4.79 Å².